The van der Waals surface area contributed by atoms with Crippen molar-refractivity contribution < 1.29 is 17.6 Å². The molecule has 1 amide bonds. The van der Waals surface area contributed by atoms with Gasteiger partial charge in [-0.05, 0) is 62.8 Å². The van der Waals surface area contributed by atoms with Gasteiger partial charge in [0.1, 0.15) is 15.0 Å². The van der Waals surface area contributed by atoms with E-state index in [0.29, 0.717) is 23.3 Å². The topological polar surface area (TPSA) is 102 Å². The van der Waals surface area contributed by atoms with Crippen molar-refractivity contribution in [1.82, 2.24) is 4.98 Å². The molecule has 27 heavy (non-hydrogen) atoms. The summed E-state index contributed by atoms with van der Waals surface area (Å²) in [6, 6.07) is 1.12. The molecule has 9 heteroatoms. The summed E-state index contributed by atoms with van der Waals surface area (Å²) >= 11 is 5.90. The fraction of sp³-hybridized carbons (Fsp3) is 0.667. The molecule has 2 aliphatic rings. The SMILES string of the molecule is NC(=O)c1cc(F)c(NC2CCC(CC3CCS(=O)(=O)CC3)CC2)nc1Cl. The summed E-state index contributed by atoms with van der Waals surface area (Å²) in [5, 5.41) is 2.98. The van der Waals surface area contributed by atoms with Crippen molar-refractivity contribution in [3.63, 3.8) is 0 Å². The number of hydrogen-bond acceptors (Lipinski definition) is 5. The summed E-state index contributed by atoms with van der Waals surface area (Å²) in [5.74, 6) is 0.330. The summed E-state index contributed by atoms with van der Waals surface area (Å²) < 4.78 is 37.2. The van der Waals surface area contributed by atoms with Crippen LogP contribution in [-0.4, -0.2) is 36.9 Å². The van der Waals surface area contributed by atoms with Gasteiger partial charge in [0.15, 0.2) is 11.6 Å². The van der Waals surface area contributed by atoms with Gasteiger partial charge in [0.25, 0.3) is 5.91 Å². The Kier molecular flexibility index (Phi) is 6.25. The maximum Gasteiger partial charge on any atom is 0.251 e. The number of carbonyl (C=O) groups is 1. The van der Waals surface area contributed by atoms with Crippen LogP contribution in [0.2, 0.25) is 5.15 Å². The first-order valence-electron chi connectivity index (χ1n) is 9.36. The first-order chi connectivity index (χ1) is 12.7. The molecular weight excluding hydrogens is 393 g/mol. The standard InChI is InChI=1S/C18H25ClFN3O3S/c19-16-14(17(21)24)10-15(20)18(23-16)22-13-3-1-11(2-4-13)9-12-5-7-27(25,26)8-6-12/h10-13H,1-9H2,(H2,21,24)(H,22,23). The van der Waals surface area contributed by atoms with Crippen LogP contribution in [0.3, 0.4) is 0 Å². The van der Waals surface area contributed by atoms with Crippen LogP contribution in [0.4, 0.5) is 10.2 Å². The lowest BCUT2D eigenvalue weighted by Crippen LogP contribution is -2.30. The minimum Gasteiger partial charge on any atom is -0.366 e. The van der Waals surface area contributed by atoms with Crippen molar-refractivity contribution in [3.05, 3.63) is 22.6 Å². The van der Waals surface area contributed by atoms with Crippen LogP contribution >= 0.6 is 11.6 Å². The minimum absolute atomic E-state index is 0.0472. The molecule has 0 spiro atoms. The first-order valence-corrected chi connectivity index (χ1v) is 11.6. The van der Waals surface area contributed by atoms with Gasteiger partial charge in [0.2, 0.25) is 0 Å². The summed E-state index contributed by atoms with van der Waals surface area (Å²) in [6.07, 6.45) is 6.47. The van der Waals surface area contributed by atoms with E-state index < -0.39 is 21.6 Å². The number of anilines is 1. The van der Waals surface area contributed by atoms with E-state index in [2.05, 4.69) is 10.3 Å². The summed E-state index contributed by atoms with van der Waals surface area (Å²) in [4.78, 5) is 15.1. The van der Waals surface area contributed by atoms with Crippen molar-refractivity contribution in [1.29, 1.82) is 0 Å². The van der Waals surface area contributed by atoms with Crippen LogP contribution in [0, 0.1) is 17.7 Å². The van der Waals surface area contributed by atoms with Crippen LogP contribution in [-0.2, 0) is 9.84 Å². The molecule has 0 aromatic carbocycles. The van der Waals surface area contributed by atoms with Gasteiger partial charge in [-0.1, -0.05) is 11.6 Å². The number of nitrogens with two attached hydrogens (primary N) is 1. The number of nitrogens with one attached hydrogen (secondary N) is 1. The Morgan fingerprint density at radius 3 is 2.37 bits per heavy atom. The highest BCUT2D eigenvalue weighted by Gasteiger charge is 2.28. The second kappa shape index (κ2) is 8.31. The van der Waals surface area contributed by atoms with E-state index in [1.807, 2.05) is 0 Å². The molecule has 1 saturated heterocycles. The number of sulfone groups is 1. The average Bonchev–Trinajstić information content (AvgIpc) is 2.61. The molecule has 2 fully saturated rings. The molecule has 150 valence electrons. The number of carbonyl (C=O) groups excluding carboxylic acids is 1. The van der Waals surface area contributed by atoms with E-state index in [9.17, 15) is 17.6 Å². The lowest BCUT2D eigenvalue weighted by Gasteiger charge is -2.32. The molecule has 1 aromatic heterocycles. The van der Waals surface area contributed by atoms with Gasteiger partial charge >= 0.3 is 0 Å². The molecule has 0 atom stereocenters. The Hall–Kier alpha value is -1.41. The third-order valence-electron chi connectivity index (χ3n) is 5.72. The lowest BCUT2D eigenvalue weighted by atomic mass is 9.79. The van der Waals surface area contributed by atoms with E-state index in [-0.39, 0.29) is 22.6 Å². The minimum atomic E-state index is -2.81. The molecular formula is C18H25ClFN3O3S. The van der Waals surface area contributed by atoms with E-state index in [4.69, 9.17) is 17.3 Å². The van der Waals surface area contributed by atoms with Crippen LogP contribution < -0.4 is 11.1 Å². The predicted octanol–water partition coefficient (Wildman–Crippen LogP) is 3.16. The van der Waals surface area contributed by atoms with Crippen molar-refractivity contribution >= 4 is 33.2 Å². The largest absolute Gasteiger partial charge is 0.366 e. The van der Waals surface area contributed by atoms with Crippen LogP contribution in [0.1, 0.15) is 55.3 Å². The highest BCUT2D eigenvalue weighted by atomic mass is 35.5. The zero-order chi connectivity index (χ0) is 19.6. The molecule has 3 N–H and O–H groups in total. The zero-order valence-electron chi connectivity index (χ0n) is 15.1. The Bertz CT molecular complexity index is 796. The van der Waals surface area contributed by atoms with Crippen molar-refractivity contribution in [2.45, 2.75) is 51.0 Å². The maximum absolute atomic E-state index is 14.2. The number of hydrogen-bond donors (Lipinski definition) is 2. The second-order valence-corrected chi connectivity index (χ2v) is 10.4. The van der Waals surface area contributed by atoms with Gasteiger partial charge in [-0.25, -0.2) is 17.8 Å². The highest BCUT2D eigenvalue weighted by Crippen LogP contribution is 2.34. The number of rotatable bonds is 5. The number of halogens is 2. The monoisotopic (exact) mass is 417 g/mol. The maximum atomic E-state index is 14.2. The van der Waals surface area contributed by atoms with E-state index in [1.165, 1.54) is 0 Å². The number of aromatic nitrogens is 1. The van der Waals surface area contributed by atoms with Crippen molar-refractivity contribution in [2.75, 3.05) is 16.8 Å². The fourth-order valence-corrected chi connectivity index (χ4v) is 5.94. The molecule has 1 aliphatic heterocycles. The van der Waals surface area contributed by atoms with Gasteiger partial charge < -0.3 is 11.1 Å². The molecule has 0 bridgehead atoms. The lowest BCUT2D eigenvalue weighted by molar-refractivity contribution is 0.0999. The van der Waals surface area contributed by atoms with Crippen LogP contribution in [0.25, 0.3) is 0 Å². The number of pyridine rings is 1. The van der Waals surface area contributed by atoms with Gasteiger partial charge in [-0.3, -0.25) is 4.79 Å². The molecule has 1 aliphatic carbocycles. The quantitative estimate of drug-likeness (QED) is 0.716. The first kappa shape index (κ1) is 20.3. The van der Waals surface area contributed by atoms with Crippen LogP contribution in [0.15, 0.2) is 6.07 Å². The zero-order valence-corrected chi connectivity index (χ0v) is 16.7. The summed E-state index contributed by atoms with van der Waals surface area (Å²) in [6.45, 7) is 0. The Balaban J connectivity index is 1.50. The van der Waals surface area contributed by atoms with Gasteiger partial charge in [0, 0.05) is 6.04 Å². The summed E-state index contributed by atoms with van der Waals surface area (Å²) in [5.41, 5.74) is 5.01. The summed E-state index contributed by atoms with van der Waals surface area (Å²) in [7, 11) is -2.81. The Labute approximate surface area is 164 Å². The van der Waals surface area contributed by atoms with E-state index in [1.54, 1.807) is 0 Å². The molecule has 6 nitrogen and oxygen atoms in total. The molecule has 0 unspecified atom stereocenters. The van der Waals surface area contributed by atoms with Gasteiger partial charge in [-0.15, -0.1) is 0 Å². The van der Waals surface area contributed by atoms with Crippen molar-refractivity contribution in [3.8, 4) is 0 Å². The fourth-order valence-electron chi connectivity index (χ4n) is 4.12. The number of primary amides is 1. The third kappa shape index (κ3) is 5.31. The normalized spacial score (nSPS) is 25.9. The molecule has 0 radical (unpaired) electrons. The highest BCUT2D eigenvalue weighted by molar-refractivity contribution is 7.91. The number of nitrogens with zero attached hydrogens (tertiary/aromatic N) is 1. The smallest absolute Gasteiger partial charge is 0.251 e. The second-order valence-electron chi connectivity index (χ2n) is 7.71. The average molecular weight is 418 g/mol. The Morgan fingerprint density at radius 1 is 1.19 bits per heavy atom. The number of amides is 1. The molecule has 3 rings (SSSR count). The van der Waals surface area contributed by atoms with Gasteiger partial charge in [0.05, 0.1) is 17.1 Å². The molecule has 1 saturated carbocycles. The molecule has 1 aromatic rings. The van der Waals surface area contributed by atoms with Crippen molar-refractivity contribution in [2.24, 2.45) is 17.6 Å². The Morgan fingerprint density at radius 2 is 1.78 bits per heavy atom. The third-order valence-corrected chi connectivity index (χ3v) is 7.73. The molecule has 2 heterocycles. The van der Waals surface area contributed by atoms with Crippen LogP contribution in [0.5, 0.6) is 0 Å². The predicted molar refractivity (Wildman–Crippen MR) is 103 cm³/mol. The van der Waals surface area contributed by atoms with Gasteiger partial charge in [-0.2, -0.15) is 0 Å². The van der Waals surface area contributed by atoms with E-state index in [0.717, 1.165) is 51.0 Å². The van der Waals surface area contributed by atoms with E-state index >= 15 is 0 Å².